The van der Waals surface area contributed by atoms with E-state index in [-0.39, 0.29) is 6.54 Å². The number of carbonyl (C=O) groups excluding carboxylic acids is 2. The quantitative estimate of drug-likeness (QED) is 0.409. The molecule has 0 spiro atoms. The fourth-order valence-electron chi connectivity index (χ4n) is 3.05. The third-order valence-electron chi connectivity index (χ3n) is 4.79. The summed E-state index contributed by atoms with van der Waals surface area (Å²) in [6, 6.07) is 10.5. The van der Waals surface area contributed by atoms with Gasteiger partial charge in [-0.3, -0.25) is 9.59 Å². The van der Waals surface area contributed by atoms with Gasteiger partial charge in [0.25, 0.3) is 11.8 Å². The summed E-state index contributed by atoms with van der Waals surface area (Å²) in [5, 5.41) is 6.50. The van der Waals surface area contributed by atoms with Crippen LogP contribution in [0.4, 0.5) is 5.69 Å². The van der Waals surface area contributed by atoms with E-state index in [1.54, 1.807) is 25.3 Å². The third-order valence-corrected chi connectivity index (χ3v) is 4.79. The zero-order valence-corrected chi connectivity index (χ0v) is 19.1. The van der Waals surface area contributed by atoms with E-state index in [1.165, 1.54) is 20.4 Å². The number of ether oxygens (including phenoxy) is 3. The Morgan fingerprint density at radius 3 is 2.25 bits per heavy atom. The third kappa shape index (κ3) is 6.37. The molecule has 2 amide bonds. The molecule has 2 aromatic rings. The molecule has 2 aromatic carbocycles. The Bertz CT molecular complexity index is 957. The van der Waals surface area contributed by atoms with Gasteiger partial charge < -0.3 is 24.4 Å². The molecule has 0 aliphatic carbocycles. The Kier molecular flexibility index (Phi) is 9.34. The maximum absolute atomic E-state index is 12.3. The van der Waals surface area contributed by atoms with Crippen LogP contribution in [0.1, 0.15) is 29.8 Å². The standard InChI is InChI=1S/C23H30N4O5/c1-6-27(7-2)18-10-8-17(20(13-18)31-4)14-25-26-22(28)15-24-23(29)16-9-11-19(30-3)21(12-16)32-5/h8-14H,6-7,15H2,1-5H3,(H,24,29)(H,26,28)/b25-14-. The average molecular weight is 443 g/mol. The van der Waals surface area contributed by atoms with Crippen molar-refractivity contribution in [3.05, 3.63) is 47.5 Å². The number of anilines is 1. The van der Waals surface area contributed by atoms with Crippen LogP contribution >= 0.6 is 0 Å². The second-order valence-electron chi connectivity index (χ2n) is 6.64. The average Bonchev–Trinajstić information content (AvgIpc) is 2.83. The highest BCUT2D eigenvalue weighted by Gasteiger charge is 2.12. The van der Waals surface area contributed by atoms with Crippen molar-refractivity contribution in [2.75, 3.05) is 45.9 Å². The summed E-state index contributed by atoms with van der Waals surface area (Å²) < 4.78 is 15.8. The first kappa shape index (κ1) is 24.5. The molecule has 0 aromatic heterocycles. The molecule has 0 aliphatic heterocycles. The van der Waals surface area contributed by atoms with Crippen LogP contribution in [-0.2, 0) is 4.79 Å². The highest BCUT2D eigenvalue weighted by atomic mass is 16.5. The summed E-state index contributed by atoms with van der Waals surface area (Å²) in [7, 11) is 4.58. The number of benzene rings is 2. The molecule has 2 rings (SSSR count). The van der Waals surface area contributed by atoms with Gasteiger partial charge >= 0.3 is 0 Å². The monoisotopic (exact) mass is 442 g/mol. The highest BCUT2D eigenvalue weighted by molar-refractivity contribution is 5.97. The van der Waals surface area contributed by atoms with Gasteiger partial charge in [-0.15, -0.1) is 0 Å². The first-order valence-corrected chi connectivity index (χ1v) is 10.2. The van der Waals surface area contributed by atoms with Crippen LogP contribution in [0.15, 0.2) is 41.5 Å². The molecule has 0 aliphatic rings. The van der Waals surface area contributed by atoms with E-state index in [0.29, 0.717) is 22.8 Å². The van der Waals surface area contributed by atoms with Crippen LogP contribution in [0.25, 0.3) is 0 Å². The minimum absolute atomic E-state index is 0.234. The number of methoxy groups -OCH3 is 3. The van der Waals surface area contributed by atoms with Gasteiger partial charge in [0.05, 0.1) is 34.1 Å². The second kappa shape index (κ2) is 12.2. The molecule has 0 fully saturated rings. The largest absolute Gasteiger partial charge is 0.496 e. The lowest BCUT2D eigenvalue weighted by atomic mass is 10.2. The lowest BCUT2D eigenvalue weighted by Gasteiger charge is -2.21. The van der Waals surface area contributed by atoms with Crippen LogP contribution in [0.5, 0.6) is 17.2 Å². The molecule has 9 heteroatoms. The molecule has 0 radical (unpaired) electrons. The van der Waals surface area contributed by atoms with Crippen LogP contribution in [0.2, 0.25) is 0 Å². The zero-order valence-electron chi connectivity index (χ0n) is 19.1. The number of nitrogens with one attached hydrogen (secondary N) is 2. The molecule has 172 valence electrons. The van der Waals surface area contributed by atoms with Crippen LogP contribution in [-0.4, -0.2) is 59.0 Å². The molecular weight excluding hydrogens is 412 g/mol. The normalized spacial score (nSPS) is 10.5. The summed E-state index contributed by atoms with van der Waals surface area (Å²) in [6.45, 7) is 5.72. The van der Waals surface area contributed by atoms with Gasteiger partial charge in [-0.1, -0.05) is 0 Å². The Morgan fingerprint density at radius 1 is 0.938 bits per heavy atom. The fraction of sp³-hybridized carbons (Fsp3) is 0.348. The lowest BCUT2D eigenvalue weighted by Crippen LogP contribution is -2.34. The molecule has 0 saturated carbocycles. The maximum Gasteiger partial charge on any atom is 0.259 e. The maximum atomic E-state index is 12.3. The van der Waals surface area contributed by atoms with Gasteiger partial charge in [-0.2, -0.15) is 5.10 Å². The molecule has 0 unspecified atom stereocenters. The second-order valence-corrected chi connectivity index (χ2v) is 6.64. The number of hydrazone groups is 1. The van der Waals surface area contributed by atoms with E-state index < -0.39 is 11.8 Å². The number of hydrogen-bond donors (Lipinski definition) is 2. The predicted octanol–water partition coefficient (Wildman–Crippen LogP) is 2.44. The number of rotatable bonds is 11. The summed E-state index contributed by atoms with van der Waals surface area (Å²) in [4.78, 5) is 26.5. The predicted molar refractivity (Wildman–Crippen MR) is 124 cm³/mol. The van der Waals surface area contributed by atoms with Crippen molar-refractivity contribution in [3.63, 3.8) is 0 Å². The van der Waals surface area contributed by atoms with E-state index in [2.05, 4.69) is 34.6 Å². The van der Waals surface area contributed by atoms with Gasteiger partial charge in [0, 0.05) is 36.0 Å². The molecule has 0 bridgehead atoms. The van der Waals surface area contributed by atoms with Crippen LogP contribution < -0.4 is 29.9 Å². The Hall–Kier alpha value is -3.75. The van der Waals surface area contributed by atoms with E-state index in [1.807, 2.05) is 18.2 Å². The number of amides is 2. The van der Waals surface area contributed by atoms with Gasteiger partial charge in [0.2, 0.25) is 0 Å². The summed E-state index contributed by atoms with van der Waals surface area (Å²) in [6.07, 6.45) is 1.50. The molecule has 0 heterocycles. The highest BCUT2D eigenvalue weighted by Crippen LogP contribution is 2.27. The molecule has 0 atom stereocenters. The van der Waals surface area contributed by atoms with Gasteiger partial charge in [0.15, 0.2) is 11.5 Å². The van der Waals surface area contributed by atoms with E-state index >= 15 is 0 Å². The number of carbonyl (C=O) groups is 2. The topological polar surface area (TPSA) is 101 Å². The van der Waals surface area contributed by atoms with Crippen molar-refractivity contribution in [2.45, 2.75) is 13.8 Å². The SMILES string of the molecule is CCN(CC)c1ccc(/C=N\NC(=O)CNC(=O)c2ccc(OC)c(OC)c2)c(OC)c1. The Morgan fingerprint density at radius 2 is 1.62 bits per heavy atom. The Labute approximate surface area is 188 Å². The van der Waals surface area contributed by atoms with Crippen molar-refractivity contribution in [1.82, 2.24) is 10.7 Å². The van der Waals surface area contributed by atoms with E-state index in [4.69, 9.17) is 14.2 Å². The summed E-state index contributed by atoms with van der Waals surface area (Å²) in [5.74, 6) is 0.702. The Balaban J connectivity index is 1.93. The molecule has 0 saturated heterocycles. The summed E-state index contributed by atoms with van der Waals surface area (Å²) >= 11 is 0. The molecular formula is C23H30N4O5. The van der Waals surface area contributed by atoms with Gasteiger partial charge in [-0.05, 0) is 44.2 Å². The van der Waals surface area contributed by atoms with Gasteiger partial charge in [-0.25, -0.2) is 5.43 Å². The first-order valence-electron chi connectivity index (χ1n) is 10.2. The smallest absolute Gasteiger partial charge is 0.259 e. The summed E-state index contributed by atoms with van der Waals surface area (Å²) in [5.41, 5.74) is 4.51. The van der Waals surface area contributed by atoms with Crippen molar-refractivity contribution in [3.8, 4) is 17.2 Å². The number of hydrogen-bond acceptors (Lipinski definition) is 7. The van der Waals surface area contributed by atoms with E-state index in [0.717, 1.165) is 24.3 Å². The van der Waals surface area contributed by atoms with Crippen LogP contribution in [0, 0.1) is 0 Å². The van der Waals surface area contributed by atoms with Crippen molar-refractivity contribution in [2.24, 2.45) is 5.10 Å². The zero-order chi connectivity index (χ0) is 23.5. The van der Waals surface area contributed by atoms with Crippen molar-refractivity contribution in [1.29, 1.82) is 0 Å². The molecule has 2 N–H and O–H groups in total. The minimum atomic E-state index is -0.464. The van der Waals surface area contributed by atoms with Crippen molar-refractivity contribution >= 4 is 23.7 Å². The first-order chi connectivity index (χ1) is 15.5. The molecule has 9 nitrogen and oxygen atoms in total. The van der Waals surface area contributed by atoms with Crippen molar-refractivity contribution < 1.29 is 23.8 Å². The fourth-order valence-corrected chi connectivity index (χ4v) is 3.05. The van der Waals surface area contributed by atoms with Crippen LogP contribution in [0.3, 0.4) is 0 Å². The minimum Gasteiger partial charge on any atom is -0.496 e. The van der Waals surface area contributed by atoms with E-state index in [9.17, 15) is 9.59 Å². The lowest BCUT2D eigenvalue weighted by molar-refractivity contribution is -0.120. The number of nitrogens with zero attached hydrogens (tertiary/aromatic N) is 2. The molecule has 32 heavy (non-hydrogen) atoms. The van der Waals surface area contributed by atoms with Gasteiger partial charge in [0.1, 0.15) is 5.75 Å².